The molecule has 1 aromatic heterocycles. The van der Waals surface area contributed by atoms with Gasteiger partial charge in [-0.3, -0.25) is 4.79 Å². The number of carbonyl (C=O) groups is 1. The predicted octanol–water partition coefficient (Wildman–Crippen LogP) is 2.74. The van der Waals surface area contributed by atoms with Crippen LogP contribution in [0.5, 0.6) is 5.75 Å². The average molecular weight is 245 g/mol. The van der Waals surface area contributed by atoms with Crippen LogP contribution in [0.25, 0.3) is 0 Å². The molecule has 0 atom stereocenters. The molecule has 0 N–H and O–H groups in total. The highest BCUT2D eigenvalue weighted by Crippen LogP contribution is 2.20. The Kier molecular flexibility index (Phi) is 3.67. The van der Waals surface area contributed by atoms with Gasteiger partial charge in [0.1, 0.15) is 18.1 Å². The summed E-state index contributed by atoms with van der Waals surface area (Å²) in [5.74, 6) is 1.72. The predicted molar refractivity (Wildman–Crippen MR) is 69.2 cm³/mol. The number of nitrogens with zero attached hydrogens (tertiary/aromatic N) is 1. The molecule has 18 heavy (non-hydrogen) atoms. The molecule has 0 bridgehead atoms. The Morgan fingerprint density at radius 3 is 2.78 bits per heavy atom. The van der Waals surface area contributed by atoms with E-state index < -0.39 is 0 Å². The molecule has 2 aromatic rings. The first-order valence-electron chi connectivity index (χ1n) is 5.63. The van der Waals surface area contributed by atoms with E-state index in [1.54, 1.807) is 12.1 Å². The first-order valence-corrected chi connectivity index (χ1v) is 5.63. The third-order valence-electron chi connectivity index (χ3n) is 2.51. The van der Waals surface area contributed by atoms with Crippen LogP contribution in [-0.2, 0) is 6.61 Å². The number of hydrogen-bond acceptors (Lipinski definition) is 4. The van der Waals surface area contributed by atoms with Crippen LogP contribution in [0.1, 0.15) is 16.3 Å². The topological polar surface area (TPSA) is 42.7 Å². The molecule has 2 rings (SSSR count). The van der Waals surface area contributed by atoms with Crippen molar-refractivity contribution in [1.29, 1.82) is 0 Å². The summed E-state index contributed by atoms with van der Waals surface area (Å²) < 4.78 is 10.8. The molecule has 0 aliphatic rings. The number of ether oxygens (including phenoxy) is 1. The van der Waals surface area contributed by atoms with Gasteiger partial charge in [-0.1, -0.05) is 6.07 Å². The molecule has 1 aromatic carbocycles. The zero-order chi connectivity index (χ0) is 13.0. The number of anilines is 1. The van der Waals surface area contributed by atoms with E-state index in [-0.39, 0.29) is 0 Å². The molecule has 0 fully saturated rings. The Bertz CT molecular complexity index is 531. The molecule has 4 heteroatoms. The van der Waals surface area contributed by atoms with Gasteiger partial charge in [-0.25, -0.2) is 0 Å². The van der Waals surface area contributed by atoms with Gasteiger partial charge < -0.3 is 14.1 Å². The van der Waals surface area contributed by atoms with E-state index in [0.29, 0.717) is 24.4 Å². The van der Waals surface area contributed by atoms with Gasteiger partial charge in [0.25, 0.3) is 0 Å². The molecule has 94 valence electrons. The van der Waals surface area contributed by atoms with Gasteiger partial charge in [0.2, 0.25) is 0 Å². The fourth-order valence-corrected chi connectivity index (χ4v) is 1.54. The second kappa shape index (κ2) is 5.40. The standard InChI is InChI=1S/C14H15NO3/c1-15(2)11-4-3-5-12(8-11)17-10-14-7-6-13(9-16)18-14/h3-9H,10H2,1-2H3. The van der Waals surface area contributed by atoms with Gasteiger partial charge in [0.15, 0.2) is 12.0 Å². The van der Waals surface area contributed by atoms with Crippen LogP contribution in [0.15, 0.2) is 40.8 Å². The van der Waals surface area contributed by atoms with Crippen LogP contribution >= 0.6 is 0 Å². The average Bonchev–Trinajstić information content (AvgIpc) is 2.84. The number of furan rings is 1. The van der Waals surface area contributed by atoms with Crippen LogP contribution < -0.4 is 9.64 Å². The molecule has 1 heterocycles. The Morgan fingerprint density at radius 1 is 1.28 bits per heavy atom. The minimum atomic E-state index is 0.310. The highest BCUT2D eigenvalue weighted by atomic mass is 16.5. The molecule has 0 unspecified atom stereocenters. The Morgan fingerprint density at radius 2 is 2.11 bits per heavy atom. The number of aldehydes is 1. The fourth-order valence-electron chi connectivity index (χ4n) is 1.54. The smallest absolute Gasteiger partial charge is 0.185 e. The first-order chi connectivity index (χ1) is 8.69. The van der Waals surface area contributed by atoms with Crippen molar-refractivity contribution in [2.24, 2.45) is 0 Å². The third-order valence-corrected chi connectivity index (χ3v) is 2.51. The highest BCUT2D eigenvalue weighted by molar-refractivity contribution is 5.70. The molecule has 4 nitrogen and oxygen atoms in total. The van der Waals surface area contributed by atoms with Crippen molar-refractivity contribution >= 4 is 12.0 Å². The largest absolute Gasteiger partial charge is 0.486 e. The molecule has 0 saturated carbocycles. The van der Waals surface area contributed by atoms with Crippen LogP contribution in [-0.4, -0.2) is 20.4 Å². The fraction of sp³-hybridized carbons (Fsp3) is 0.214. The maximum absolute atomic E-state index is 10.5. The summed E-state index contributed by atoms with van der Waals surface area (Å²) in [6, 6.07) is 11.1. The summed E-state index contributed by atoms with van der Waals surface area (Å²) in [5, 5.41) is 0. The van der Waals surface area contributed by atoms with E-state index in [1.807, 2.05) is 43.3 Å². The van der Waals surface area contributed by atoms with E-state index in [9.17, 15) is 4.79 Å². The Balaban J connectivity index is 2.01. The summed E-state index contributed by atoms with van der Waals surface area (Å²) >= 11 is 0. The van der Waals surface area contributed by atoms with E-state index in [1.165, 1.54) is 0 Å². The van der Waals surface area contributed by atoms with Gasteiger partial charge in [-0.15, -0.1) is 0 Å². The summed E-state index contributed by atoms with van der Waals surface area (Å²) in [4.78, 5) is 12.5. The third kappa shape index (κ3) is 2.91. The SMILES string of the molecule is CN(C)c1cccc(OCc2ccc(C=O)o2)c1. The summed E-state index contributed by atoms with van der Waals surface area (Å²) in [6.07, 6.45) is 0.677. The van der Waals surface area contributed by atoms with Crippen molar-refractivity contribution < 1.29 is 13.9 Å². The van der Waals surface area contributed by atoms with Crippen LogP contribution in [0, 0.1) is 0 Å². The van der Waals surface area contributed by atoms with Crippen molar-refractivity contribution in [2.75, 3.05) is 19.0 Å². The Hall–Kier alpha value is -2.23. The number of benzene rings is 1. The summed E-state index contributed by atoms with van der Waals surface area (Å²) in [6.45, 7) is 0.310. The lowest BCUT2D eigenvalue weighted by molar-refractivity contribution is 0.109. The van der Waals surface area contributed by atoms with Crippen molar-refractivity contribution in [3.8, 4) is 5.75 Å². The lowest BCUT2D eigenvalue weighted by Crippen LogP contribution is -2.08. The highest BCUT2D eigenvalue weighted by Gasteiger charge is 2.03. The van der Waals surface area contributed by atoms with Crippen molar-refractivity contribution in [2.45, 2.75) is 6.61 Å². The van der Waals surface area contributed by atoms with E-state index >= 15 is 0 Å². The van der Waals surface area contributed by atoms with Crippen molar-refractivity contribution in [1.82, 2.24) is 0 Å². The van der Waals surface area contributed by atoms with Gasteiger partial charge in [-0.2, -0.15) is 0 Å². The number of hydrogen-bond donors (Lipinski definition) is 0. The molecule has 0 aliphatic heterocycles. The van der Waals surface area contributed by atoms with Crippen molar-refractivity contribution in [3.05, 3.63) is 47.9 Å². The zero-order valence-electron chi connectivity index (χ0n) is 10.4. The molecule has 0 amide bonds. The molecule has 0 aliphatic carbocycles. The number of rotatable bonds is 5. The molecule has 0 saturated heterocycles. The zero-order valence-corrected chi connectivity index (χ0v) is 10.4. The number of carbonyl (C=O) groups excluding carboxylic acids is 1. The Labute approximate surface area is 106 Å². The minimum Gasteiger partial charge on any atom is -0.486 e. The van der Waals surface area contributed by atoms with Gasteiger partial charge in [-0.05, 0) is 24.3 Å². The van der Waals surface area contributed by atoms with E-state index in [4.69, 9.17) is 9.15 Å². The van der Waals surface area contributed by atoms with Gasteiger partial charge in [0.05, 0.1) is 0 Å². The van der Waals surface area contributed by atoms with E-state index in [0.717, 1.165) is 11.4 Å². The second-order valence-electron chi connectivity index (χ2n) is 4.10. The first kappa shape index (κ1) is 12.2. The summed E-state index contributed by atoms with van der Waals surface area (Å²) in [7, 11) is 3.95. The molecule has 0 spiro atoms. The second-order valence-corrected chi connectivity index (χ2v) is 4.10. The molecular weight excluding hydrogens is 230 g/mol. The van der Waals surface area contributed by atoms with Crippen LogP contribution in [0.2, 0.25) is 0 Å². The molecular formula is C14H15NO3. The van der Waals surface area contributed by atoms with E-state index in [2.05, 4.69) is 0 Å². The van der Waals surface area contributed by atoms with Crippen molar-refractivity contribution in [3.63, 3.8) is 0 Å². The normalized spacial score (nSPS) is 10.1. The lowest BCUT2D eigenvalue weighted by Gasteiger charge is -2.13. The monoisotopic (exact) mass is 245 g/mol. The van der Waals surface area contributed by atoms with Crippen LogP contribution in [0.3, 0.4) is 0 Å². The maximum atomic E-state index is 10.5. The van der Waals surface area contributed by atoms with Gasteiger partial charge >= 0.3 is 0 Å². The summed E-state index contributed by atoms with van der Waals surface area (Å²) in [5.41, 5.74) is 1.07. The lowest BCUT2D eigenvalue weighted by atomic mass is 10.3. The molecule has 0 radical (unpaired) electrons. The van der Waals surface area contributed by atoms with Crippen LogP contribution in [0.4, 0.5) is 5.69 Å². The van der Waals surface area contributed by atoms with Gasteiger partial charge in [0, 0.05) is 25.8 Å². The minimum absolute atomic E-state index is 0.310. The quantitative estimate of drug-likeness (QED) is 0.760. The maximum Gasteiger partial charge on any atom is 0.185 e.